The van der Waals surface area contributed by atoms with Crippen LogP contribution >= 0.6 is 0 Å². The Kier molecular flexibility index (Phi) is 2.18. The van der Waals surface area contributed by atoms with Gasteiger partial charge in [0.1, 0.15) is 0 Å². The van der Waals surface area contributed by atoms with Gasteiger partial charge in [-0.2, -0.15) is 0 Å². The Bertz CT molecular complexity index is 560. The van der Waals surface area contributed by atoms with Gasteiger partial charge in [-0.05, 0) is 38.5 Å². The summed E-state index contributed by atoms with van der Waals surface area (Å²) in [5, 5.41) is 0. The summed E-state index contributed by atoms with van der Waals surface area (Å²) in [5.74, 6) is 0.673. The van der Waals surface area contributed by atoms with Gasteiger partial charge in [-0.3, -0.25) is 9.59 Å². The van der Waals surface area contributed by atoms with E-state index in [1.807, 2.05) is 0 Å². The minimum absolute atomic E-state index is 0.154. The molecule has 0 unspecified atom stereocenters. The zero-order chi connectivity index (χ0) is 12.3. The van der Waals surface area contributed by atoms with Gasteiger partial charge in [-0.1, -0.05) is 24.0 Å². The third kappa shape index (κ3) is 1.19. The second kappa shape index (κ2) is 3.66. The van der Waals surface area contributed by atoms with E-state index in [2.05, 4.69) is 0 Å². The fraction of sp³-hybridized carbons (Fsp3) is 0.625. The third-order valence-corrected chi connectivity index (χ3v) is 5.31. The molecular formula is C16H18O2. The Labute approximate surface area is 106 Å². The molecule has 0 amide bonds. The van der Waals surface area contributed by atoms with Crippen molar-refractivity contribution in [1.82, 2.24) is 0 Å². The van der Waals surface area contributed by atoms with Crippen LogP contribution in [0.25, 0.3) is 0 Å². The summed E-state index contributed by atoms with van der Waals surface area (Å²) in [4.78, 5) is 23.8. The normalized spacial score (nSPS) is 30.9. The summed E-state index contributed by atoms with van der Waals surface area (Å²) in [7, 11) is 0. The Morgan fingerprint density at radius 2 is 1.11 bits per heavy atom. The van der Waals surface area contributed by atoms with Crippen LogP contribution in [0.5, 0.6) is 0 Å². The van der Waals surface area contributed by atoms with Gasteiger partial charge < -0.3 is 0 Å². The van der Waals surface area contributed by atoms with Crippen LogP contribution in [0.4, 0.5) is 0 Å². The molecule has 2 atom stereocenters. The highest BCUT2D eigenvalue weighted by atomic mass is 16.2. The minimum Gasteiger partial charge on any atom is -0.285 e. The van der Waals surface area contributed by atoms with Gasteiger partial charge in [0.15, 0.2) is 0 Å². The van der Waals surface area contributed by atoms with E-state index in [0.29, 0.717) is 11.8 Å². The Hall–Kier alpha value is -1.18. The fourth-order valence-corrected chi connectivity index (χ4v) is 4.55. The van der Waals surface area contributed by atoms with Crippen molar-refractivity contribution < 1.29 is 0 Å². The van der Waals surface area contributed by atoms with Gasteiger partial charge in [0.25, 0.3) is 0 Å². The largest absolute Gasteiger partial charge is 0.285 e. The molecular weight excluding hydrogens is 224 g/mol. The highest BCUT2D eigenvalue weighted by Gasteiger charge is 2.42. The highest BCUT2D eigenvalue weighted by Crippen LogP contribution is 2.51. The fourth-order valence-electron chi connectivity index (χ4n) is 4.55. The van der Waals surface area contributed by atoms with Crippen LogP contribution in [-0.4, -0.2) is 0 Å². The smallest absolute Gasteiger partial charge is 0.230 e. The van der Waals surface area contributed by atoms with Crippen molar-refractivity contribution in [1.29, 1.82) is 0 Å². The van der Waals surface area contributed by atoms with E-state index in [1.165, 1.54) is 38.5 Å². The Morgan fingerprint density at radius 1 is 0.667 bits per heavy atom. The number of fused-ring (bicyclic) bond motifs is 5. The van der Waals surface area contributed by atoms with Crippen LogP contribution in [0.3, 0.4) is 0 Å². The zero-order valence-corrected chi connectivity index (χ0v) is 10.6. The maximum atomic E-state index is 11.9. The lowest BCUT2D eigenvalue weighted by Gasteiger charge is -2.41. The molecule has 18 heavy (non-hydrogen) atoms. The van der Waals surface area contributed by atoms with Crippen molar-refractivity contribution in [2.75, 3.05) is 0 Å². The van der Waals surface area contributed by atoms with Gasteiger partial charge in [-0.25, -0.2) is 0 Å². The van der Waals surface area contributed by atoms with Gasteiger partial charge in [0, 0.05) is 23.0 Å². The topological polar surface area (TPSA) is 34.1 Å². The van der Waals surface area contributed by atoms with Crippen molar-refractivity contribution in [3.63, 3.8) is 0 Å². The molecule has 0 N–H and O–H groups in total. The lowest BCUT2D eigenvalue weighted by atomic mass is 9.62. The molecule has 0 heterocycles. The SMILES string of the molecule is O=c1c2c(c1=O)[C@H]1CCCCC1=C1CCCC[C@H]12. The first-order valence-corrected chi connectivity index (χ1v) is 7.34. The Morgan fingerprint density at radius 3 is 1.56 bits per heavy atom. The molecule has 0 aromatic heterocycles. The van der Waals surface area contributed by atoms with E-state index >= 15 is 0 Å². The summed E-state index contributed by atoms with van der Waals surface area (Å²) < 4.78 is 0. The molecule has 1 aromatic carbocycles. The van der Waals surface area contributed by atoms with E-state index < -0.39 is 0 Å². The van der Waals surface area contributed by atoms with Crippen molar-refractivity contribution in [3.8, 4) is 0 Å². The average Bonchev–Trinajstić information content (AvgIpc) is 2.44. The molecule has 1 aromatic rings. The first kappa shape index (κ1) is 10.7. The maximum absolute atomic E-state index is 11.9. The van der Waals surface area contributed by atoms with Gasteiger partial charge in [-0.15, -0.1) is 0 Å². The van der Waals surface area contributed by atoms with Crippen LogP contribution in [-0.2, 0) is 0 Å². The molecule has 2 fully saturated rings. The molecule has 0 aliphatic heterocycles. The molecule has 2 heteroatoms. The standard InChI is InChI=1S/C16H18O2/c17-15-13-11-7-3-1-5-9(11)10-6-2-4-8-12(10)14(13)16(15)18/h11-12H,1-8H2/t11-,12+. The highest BCUT2D eigenvalue weighted by molar-refractivity contribution is 5.53. The second-order valence-electron chi connectivity index (χ2n) is 6.13. The van der Waals surface area contributed by atoms with Crippen LogP contribution in [0.2, 0.25) is 0 Å². The minimum atomic E-state index is -0.154. The second-order valence-corrected chi connectivity index (χ2v) is 6.13. The number of rotatable bonds is 0. The predicted molar refractivity (Wildman–Crippen MR) is 70.8 cm³/mol. The first-order valence-electron chi connectivity index (χ1n) is 7.34. The summed E-state index contributed by atoms with van der Waals surface area (Å²) in [6, 6.07) is 0. The van der Waals surface area contributed by atoms with Crippen molar-refractivity contribution in [2.24, 2.45) is 0 Å². The average molecular weight is 242 g/mol. The van der Waals surface area contributed by atoms with E-state index in [4.69, 9.17) is 0 Å². The van der Waals surface area contributed by atoms with Gasteiger partial charge in [0.05, 0.1) is 0 Å². The summed E-state index contributed by atoms with van der Waals surface area (Å²) >= 11 is 0. The summed E-state index contributed by atoms with van der Waals surface area (Å²) in [6.07, 6.45) is 9.52. The lowest BCUT2D eigenvalue weighted by Crippen LogP contribution is -2.46. The lowest BCUT2D eigenvalue weighted by molar-refractivity contribution is 0.453. The molecule has 0 spiro atoms. The quantitative estimate of drug-likeness (QED) is 0.518. The van der Waals surface area contributed by atoms with Gasteiger partial charge >= 0.3 is 0 Å². The summed E-state index contributed by atoms with van der Waals surface area (Å²) in [6.45, 7) is 0. The monoisotopic (exact) mass is 242 g/mol. The number of hydrogen-bond donors (Lipinski definition) is 0. The third-order valence-electron chi connectivity index (χ3n) is 5.31. The van der Waals surface area contributed by atoms with Crippen molar-refractivity contribution in [2.45, 2.75) is 63.2 Å². The van der Waals surface area contributed by atoms with Crippen LogP contribution in [0.1, 0.15) is 74.3 Å². The van der Waals surface area contributed by atoms with E-state index in [9.17, 15) is 9.59 Å². The molecule has 0 radical (unpaired) electrons. The molecule has 0 saturated heterocycles. The molecule has 94 valence electrons. The number of hydrogen-bond acceptors (Lipinski definition) is 2. The van der Waals surface area contributed by atoms with Crippen LogP contribution < -0.4 is 10.9 Å². The van der Waals surface area contributed by atoms with E-state index in [1.54, 1.807) is 11.1 Å². The first-order chi connectivity index (χ1) is 8.79. The van der Waals surface area contributed by atoms with Crippen LogP contribution in [0.15, 0.2) is 20.7 Å². The van der Waals surface area contributed by atoms with Crippen molar-refractivity contribution in [3.05, 3.63) is 42.7 Å². The summed E-state index contributed by atoms with van der Waals surface area (Å²) in [5.41, 5.74) is 4.69. The van der Waals surface area contributed by atoms with E-state index in [-0.39, 0.29) is 10.9 Å². The predicted octanol–water partition coefficient (Wildman–Crippen LogP) is 2.91. The van der Waals surface area contributed by atoms with Crippen molar-refractivity contribution >= 4 is 0 Å². The molecule has 2 saturated carbocycles. The zero-order valence-electron chi connectivity index (χ0n) is 10.6. The Balaban J connectivity index is 1.93. The van der Waals surface area contributed by atoms with E-state index in [0.717, 1.165) is 24.0 Å². The molecule has 4 rings (SSSR count). The van der Waals surface area contributed by atoms with Crippen LogP contribution in [0, 0.1) is 0 Å². The molecule has 3 aliphatic carbocycles. The van der Waals surface area contributed by atoms with Gasteiger partial charge in [0.2, 0.25) is 10.9 Å². The maximum Gasteiger partial charge on any atom is 0.230 e. The molecule has 0 bridgehead atoms. The number of allylic oxidation sites excluding steroid dienone is 2. The molecule has 2 nitrogen and oxygen atoms in total. The molecule has 3 aliphatic rings.